The van der Waals surface area contributed by atoms with Gasteiger partial charge in [-0.1, -0.05) is 24.3 Å². The van der Waals surface area contributed by atoms with Crippen LogP contribution in [0.3, 0.4) is 0 Å². The molecule has 120 valence electrons. The van der Waals surface area contributed by atoms with Crippen molar-refractivity contribution in [1.29, 1.82) is 0 Å². The summed E-state index contributed by atoms with van der Waals surface area (Å²) in [4.78, 5) is 10.8. The molecule has 2 rings (SSSR count). The fraction of sp³-hybridized carbons (Fsp3) is 0.167. The molecule has 2 aromatic rings. The fourth-order valence-electron chi connectivity index (χ4n) is 2.06. The summed E-state index contributed by atoms with van der Waals surface area (Å²) in [6.07, 6.45) is 3.66. The van der Waals surface area contributed by atoms with Crippen molar-refractivity contribution in [3.05, 3.63) is 53.1 Å². The van der Waals surface area contributed by atoms with Crippen molar-refractivity contribution in [2.75, 3.05) is 13.7 Å². The molecule has 0 aromatic heterocycles. The number of methoxy groups -OCH3 is 1. The van der Waals surface area contributed by atoms with E-state index in [1.54, 1.807) is 30.3 Å². The average Bonchev–Trinajstić information content (AvgIpc) is 2.54. The van der Waals surface area contributed by atoms with Gasteiger partial charge in [-0.15, -0.1) is 0 Å². The van der Waals surface area contributed by atoms with Crippen LogP contribution in [0.1, 0.15) is 28.4 Å². The van der Waals surface area contributed by atoms with Crippen LogP contribution >= 0.6 is 0 Å². The van der Waals surface area contributed by atoms with Gasteiger partial charge >= 0.3 is 5.97 Å². The molecule has 0 bridgehead atoms. The first-order valence-corrected chi connectivity index (χ1v) is 7.10. The van der Waals surface area contributed by atoms with Crippen LogP contribution in [0.4, 0.5) is 0 Å². The predicted octanol–water partition coefficient (Wildman–Crippen LogP) is 3.67. The van der Waals surface area contributed by atoms with Crippen LogP contribution < -0.4 is 9.47 Å². The van der Waals surface area contributed by atoms with E-state index in [0.29, 0.717) is 18.1 Å². The number of aromatic carboxylic acids is 1. The van der Waals surface area contributed by atoms with Crippen LogP contribution in [0.5, 0.6) is 17.2 Å². The number of hydrogen-bond donors (Lipinski definition) is 2. The van der Waals surface area contributed by atoms with Gasteiger partial charge in [-0.05, 0) is 30.7 Å². The Hall–Kier alpha value is -2.95. The second-order valence-corrected chi connectivity index (χ2v) is 4.76. The molecule has 5 nitrogen and oxygen atoms in total. The van der Waals surface area contributed by atoms with Gasteiger partial charge in [-0.3, -0.25) is 0 Å². The lowest BCUT2D eigenvalue weighted by Gasteiger charge is -2.11. The number of carbonyl (C=O) groups is 1. The highest BCUT2D eigenvalue weighted by Gasteiger charge is 2.09. The summed E-state index contributed by atoms with van der Waals surface area (Å²) in [5.74, 6) is -0.0418. The van der Waals surface area contributed by atoms with E-state index in [2.05, 4.69) is 0 Å². The van der Waals surface area contributed by atoms with Crippen LogP contribution in [0.2, 0.25) is 0 Å². The van der Waals surface area contributed by atoms with Crippen LogP contribution in [0, 0.1) is 0 Å². The van der Waals surface area contributed by atoms with E-state index in [0.717, 1.165) is 11.1 Å². The highest BCUT2D eigenvalue weighted by Crippen LogP contribution is 2.34. The van der Waals surface area contributed by atoms with E-state index >= 15 is 0 Å². The predicted molar refractivity (Wildman–Crippen MR) is 88.2 cm³/mol. The number of phenolic OH excluding ortho intramolecular Hbond substituents is 1. The first-order valence-electron chi connectivity index (χ1n) is 7.10. The second kappa shape index (κ2) is 7.35. The van der Waals surface area contributed by atoms with E-state index in [1.165, 1.54) is 13.2 Å². The van der Waals surface area contributed by atoms with Crippen molar-refractivity contribution >= 4 is 18.1 Å². The number of ether oxygens (including phenoxy) is 2. The first-order chi connectivity index (χ1) is 11.0. The van der Waals surface area contributed by atoms with Gasteiger partial charge in [0.2, 0.25) is 0 Å². The van der Waals surface area contributed by atoms with Gasteiger partial charge in [0.05, 0.1) is 19.3 Å². The van der Waals surface area contributed by atoms with Crippen LogP contribution in [-0.4, -0.2) is 29.9 Å². The molecule has 0 radical (unpaired) electrons. The molecule has 23 heavy (non-hydrogen) atoms. The first kappa shape index (κ1) is 16.4. The zero-order chi connectivity index (χ0) is 16.8. The van der Waals surface area contributed by atoms with E-state index < -0.39 is 5.97 Å². The average molecular weight is 314 g/mol. The second-order valence-electron chi connectivity index (χ2n) is 4.76. The number of benzene rings is 2. The number of aromatic hydroxyl groups is 1. The van der Waals surface area contributed by atoms with E-state index in [9.17, 15) is 9.90 Å². The minimum atomic E-state index is -0.956. The Balaban J connectivity index is 2.31. The molecule has 0 spiro atoms. The Morgan fingerprint density at radius 3 is 2.39 bits per heavy atom. The lowest BCUT2D eigenvalue weighted by atomic mass is 10.1. The highest BCUT2D eigenvalue weighted by atomic mass is 16.5. The van der Waals surface area contributed by atoms with Gasteiger partial charge in [0.15, 0.2) is 11.5 Å². The molecule has 2 N–H and O–H groups in total. The van der Waals surface area contributed by atoms with Crippen molar-refractivity contribution in [2.24, 2.45) is 0 Å². The van der Waals surface area contributed by atoms with Gasteiger partial charge in [-0.2, -0.15) is 0 Å². The number of carboxylic acid groups (broad SMARTS) is 1. The summed E-state index contributed by atoms with van der Waals surface area (Å²) in [7, 11) is 1.48. The van der Waals surface area contributed by atoms with E-state index in [1.807, 2.05) is 19.1 Å². The Bertz CT molecular complexity index is 717. The largest absolute Gasteiger partial charge is 0.504 e. The summed E-state index contributed by atoms with van der Waals surface area (Å²) in [5, 5.41) is 18.7. The minimum absolute atomic E-state index is 0.0129. The molecule has 0 amide bonds. The lowest BCUT2D eigenvalue weighted by Crippen LogP contribution is -1.95. The molecular formula is C18H18O5. The number of phenols is 1. The van der Waals surface area contributed by atoms with Crippen molar-refractivity contribution in [2.45, 2.75) is 6.92 Å². The highest BCUT2D eigenvalue weighted by molar-refractivity contribution is 5.88. The van der Waals surface area contributed by atoms with Gasteiger partial charge < -0.3 is 19.7 Å². The van der Waals surface area contributed by atoms with Crippen LogP contribution in [-0.2, 0) is 0 Å². The molecule has 0 unspecified atom stereocenters. The van der Waals surface area contributed by atoms with Gasteiger partial charge in [0, 0.05) is 11.6 Å². The lowest BCUT2D eigenvalue weighted by molar-refractivity contribution is 0.0697. The molecule has 0 atom stereocenters. The third-order valence-electron chi connectivity index (χ3n) is 3.22. The summed E-state index contributed by atoms with van der Waals surface area (Å²) < 4.78 is 10.6. The standard InChI is InChI=1S/C18H18O5/c1-3-23-16-11-15(19)17(22-2)10-14(16)9-6-12-4-7-13(8-5-12)18(20)21/h4-11,19H,3H2,1-2H3,(H,20,21). The zero-order valence-electron chi connectivity index (χ0n) is 12.9. The zero-order valence-corrected chi connectivity index (χ0v) is 12.9. The SMILES string of the molecule is CCOc1cc(O)c(OC)cc1C=Cc1ccc(C(=O)O)cc1. The maximum absolute atomic E-state index is 10.8. The van der Waals surface area contributed by atoms with Gasteiger partial charge in [-0.25, -0.2) is 4.79 Å². The Kier molecular flexibility index (Phi) is 5.25. The third-order valence-corrected chi connectivity index (χ3v) is 3.22. The minimum Gasteiger partial charge on any atom is -0.504 e. The number of rotatable bonds is 6. The van der Waals surface area contributed by atoms with E-state index in [-0.39, 0.29) is 11.3 Å². The van der Waals surface area contributed by atoms with E-state index in [4.69, 9.17) is 14.6 Å². The molecule has 0 aliphatic heterocycles. The molecule has 2 aromatic carbocycles. The maximum atomic E-state index is 10.8. The van der Waals surface area contributed by atoms with Gasteiger partial charge in [0.25, 0.3) is 0 Å². The molecule has 0 fully saturated rings. The molecule has 0 heterocycles. The third kappa shape index (κ3) is 4.03. The molecule has 0 aliphatic carbocycles. The van der Waals surface area contributed by atoms with Crippen molar-refractivity contribution < 1.29 is 24.5 Å². The molecule has 0 aliphatic rings. The topological polar surface area (TPSA) is 76.0 Å². The van der Waals surface area contributed by atoms with Crippen LogP contribution in [0.15, 0.2) is 36.4 Å². The number of hydrogen-bond acceptors (Lipinski definition) is 4. The molecule has 0 saturated carbocycles. The quantitative estimate of drug-likeness (QED) is 0.796. The fourth-order valence-corrected chi connectivity index (χ4v) is 2.06. The molecule has 0 saturated heterocycles. The summed E-state index contributed by atoms with van der Waals surface area (Å²) >= 11 is 0. The summed E-state index contributed by atoms with van der Waals surface area (Å²) in [5.41, 5.74) is 1.84. The Morgan fingerprint density at radius 1 is 1.13 bits per heavy atom. The Morgan fingerprint density at radius 2 is 1.83 bits per heavy atom. The number of carboxylic acids is 1. The molecular weight excluding hydrogens is 296 g/mol. The monoisotopic (exact) mass is 314 g/mol. The van der Waals surface area contributed by atoms with Crippen molar-refractivity contribution in [1.82, 2.24) is 0 Å². The van der Waals surface area contributed by atoms with Crippen molar-refractivity contribution in [3.63, 3.8) is 0 Å². The maximum Gasteiger partial charge on any atom is 0.335 e. The smallest absolute Gasteiger partial charge is 0.335 e. The van der Waals surface area contributed by atoms with Crippen LogP contribution in [0.25, 0.3) is 12.2 Å². The summed E-state index contributed by atoms with van der Waals surface area (Å²) in [6, 6.07) is 9.72. The normalized spacial score (nSPS) is 10.7. The summed E-state index contributed by atoms with van der Waals surface area (Å²) in [6.45, 7) is 2.33. The van der Waals surface area contributed by atoms with Crippen molar-refractivity contribution in [3.8, 4) is 17.2 Å². The van der Waals surface area contributed by atoms with Gasteiger partial charge in [0.1, 0.15) is 5.75 Å². The Labute approximate surface area is 134 Å². The molecule has 5 heteroatoms.